The summed E-state index contributed by atoms with van der Waals surface area (Å²) in [6.45, 7) is 3.57. The minimum absolute atomic E-state index is 0. The molecule has 1 saturated carbocycles. The van der Waals surface area contributed by atoms with Crippen molar-refractivity contribution in [1.29, 1.82) is 0 Å². The highest BCUT2D eigenvalue weighted by Gasteiger charge is 2.29. The lowest BCUT2D eigenvalue weighted by Gasteiger charge is -2.32. The van der Waals surface area contributed by atoms with Gasteiger partial charge in [-0.2, -0.15) is 17.9 Å². The van der Waals surface area contributed by atoms with Crippen LogP contribution in [0.15, 0.2) is 0 Å². The van der Waals surface area contributed by atoms with E-state index < -0.39 is 10.2 Å². The van der Waals surface area contributed by atoms with Crippen molar-refractivity contribution < 1.29 is 8.42 Å². The summed E-state index contributed by atoms with van der Waals surface area (Å²) >= 11 is 0. The molecule has 0 unspecified atom stereocenters. The minimum Gasteiger partial charge on any atom is -0.328 e. The molecular weight excluding hydrogens is 226 g/mol. The smallest absolute Gasteiger partial charge is 0.277 e. The molecule has 0 radical (unpaired) electrons. The molecule has 86 valence electrons. The van der Waals surface area contributed by atoms with E-state index in [4.69, 9.17) is 5.73 Å². The highest BCUT2D eigenvalue weighted by Crippen LogP contribution is 2.17. The van der Waals surface area contributed by atoms with Gasteiger partial charge in [0.05, 0.1) is 0 Å². The topological polar surface area (TPSA) is 84.2 Å². The molecule has 0 spiro atoms. The van der Waals surface area contributed by atoms with Crippen molar-refractivity contribution in [2.75, 3.05) is 0 Å². The molecule has 5 nitrogen and oxygen atoms in total. The van der Waals surface area contributed by atoms with Gasteiger partial charge in [0.15, 0.2) is 0 Å². The van der Waals surface area contributed by atoms with Gasteiger partial charge in [0.1, 0.15) is 0 Å². The predicted molar refractivity (Wildman–Crippen MR) is 58.6 cm³/mol. The van der Waals surface area contributed by atoms with Crippen molar-refractivity contribution in [3.05, 3.63) is 0 Å². The fourth-order valence-electron chi connectivity index (χ4n) is 1.32. The van der Waals surface area contributed by atoms with Crippen LogP contribution in [0.25, 0.3) is 0 Å². The Labute approximate surface area is 91.4 Å². The molecule has 0 heterocycles. The summed E-state index contributed by atoms with van der Waals surface area (Å²) in [7, 11) is -3.32. The van der Waals surface area contributed by atoms with Crippen LogP contribution < -0.4 is 15.2 Å². The average Bonchev–Trinajstić information content (AvgIpc) is 1.79. The second-order valence-corrected chi connectivity index (χ2v) is 5.30. The molecule has 0 saturated heterocycles. The van der Waals surface area contributed by atoms with Gasteiger partial charge in [-0.05, 0) is 26.7 Å². The molecule has 0 aromatic carbocycles. The lowest BCUT2D eigenvalue weighted by Crippen LogP contribution is -2.53. The number of hydrogen-bond acceptors (Lipinski definition) is 3. The quantitative estimate of drug-likeness (QED) is 0.636. The zero-order valence-electron chi connectivity index (χ0n) is 8.36. The Morgan fingerprint density at radius 1 is 1.36 bits per heavy atom. The van der Waals surface area contributed by atoms with Gasteiger partial charge in [0, 0.05) is 18.1 Å². The van der Waals surface area contributed by atoms with E-state index in [1.54, 1.807) is 13.8 Å². The standard InChI is InChI=1S/C7H17N3O2S.ClH/c1-5(2)9-13(11,12)10-7-3-6(8)4-7;/h5-7,9-10H,3-4,8H2,1-2H3;1H. The van der Waals surface area contributed by atoms with E-state index in [-0.39, 0.29) is 30.5 Å². The van der Waals surface area contributed by atoms with Gasteiger partial charge < -0.3 is 5.73 Å². The first-order valence-electron chi connectivity index (χ1n) is 4.44. The van der Waals surface area contributed by atoms with E-state index in [1.807, 2.05) is 0 Å². The Balaban J connectivity index is 0.00000169. The number of hydrogen-bond donors (Lipinski definition) is 3. The van der Waals surface area contributed by atoms with Crippen LogP contribution >= 0.6 is 12.4 Å². The van der Waals surface area contributed by atoms with Gasteiger partial charge in [0.2, 0.25) is 0 Å². The summed E-state index contributed by atoms with van der Waals surface area (Å²) in [5.41, 5.74) is 5.53. The highest BCUT2D eigenvalue weighted by molar-refractivity contribution is 7.87. The third kappa shape index (κ3) is 4.56. The van der Waals surface area contributed by atoms with E-state index >= 15 is 0 Å². The monoisotopic (exact) mass is 243 g/mol. The Kier molecular flexibility index (Phi) is 5.32. The molecule has 0 aliphatic heterocycles. The summed E-state index contributed by atoms with van der Waals surface area (Å²) in [5, 5.41) is 0. The largest absolute Gasteiger partial charge is 0.328 e. The van der Waals surface area contributed by atoms with Crippen LogP contribution in [-0.2, 0) is 10.2 Å². The average molecular weight is 244 g/mol. The molecule has 0 atom stereocenters. The Bertz CT molecular complexity index is 262. The summed E-state index contributed by atoms with van der Waals surface area (Å²) < 4.78 is 27.6. The SMILES string of the molecule is CC(C)NS(=O)(=O)NC1CC(N)C1.Cl. The number of halogens is 1. The second-order valence-electron chi connectivity index (χ2n) is 3.82. The lowest BCUT2D eigenvalue weighted by atomic mass is 9.89. The Hall–Kier alpha value is 0.120. The first kappa shape index (κ1) is 14.1. The molecule has 1 aliphatic rings. The lowest BCUT2D eigenvalue weighted by molar-refractivity contribution is 0.325. The molecule has 1 aliphatic carbocycles. The van der Waals surface area contributed by atoms with Gasteiger partial charge in [-0.15, -0.1) is 12.4 Å². The van der Waals surface area contributed by atoms with Crippen molar-refractivity contribution in [3.63, 3.8) is 0 Å². The third-order valence-corrected chi connectivity index (χ3v) is 3.31. The molecule has 0 aromatic heterocycles. The molecule has 0 aromatic rings. The molecular formula is C7H18ClN3O2S. The van der Waals surface area contributed by atoms with E-state index in [0.717, 1.165) is 12.8 Å². The minimum atomic E-state index is -3.32. The first-order chi connectivity index (χ1) is 5.89. The van der Waals surface area contributed by atoms with E-state index in [0.29, 0.717) is 0 Å². The molecule has 4 N–H and O–H groups in total. The van der Waals surface area contributed by atoms with Crippen LogP contribution in [0, 0.1) is 0 Å². The van der Waals surface area contributed by atoms with E-state index in [1.165, 1.54) is 0 Å². The van der Waals surface area contributed by atoms with E-state index in [9.17, 15) is 8.42 Å². The van der Waals surface area contributed by atoms with Crippen LogP contribution in [0.2, 0.25) is 0 Å². The van der Waals surface area contributed by atoms with Gasteiger partial charge >= 0.3 is 0 Å². The van der Waals surface area contributed by atoms with Crippen LogP contribution in [0.5, 0.6) is 0 Å². The van der Waals surface area contributed by atoms with Crippen LogP contribution in [0.1, 0.15) is 26.7 Å². The number of nitrogens with one attached hydrogen (secondary N) is 2. The Morgan fingerprint density at radius 2 is 1.86 bits per heavy atom. The first-order valence-corrected chi connectivity index (χ1v) is 5.92. The predicted octanol–water partition coefficient (Wildman–Crippen LogP) is -0.270. The normalized spacial score (nSPS) is 26.9. The van der Waals surface area contributed by atoms with Gasteiger partial charge in [0.25, 0.3) is 10.2 Å². The maximum absolute atomic E-state index is 11.3. The molecule has 1 rings (SSSR count). The van der Waals surface area contributed by atoms with E-state index in [2.05, 4.69) is 9.44 Å². The van der Waals surface area contributed by atoms with Gasteiger partial charge in [-0.1, -0.05) is 0 Å². The summed E-state index contributed by atoms with van der Waals surface area (Å²) in [6, 6.07) is 0.101. The fraction of sp³-hybridized carbons (Fsp3) is 1.00. The zero-order valence-corrected chi connectivity index (χ0v) is 9.99. The van der Waals surface area contributed by atoms with Crippen LogP contribution in [0.3, 0.4) is 0 Å². The van der Waals surface area contributed by atoms with Crippen molar-refractivity contribution in [3.8, 4) is 0 Å². The number of nitrogens with two attached hydrogens (primary N) is 1. The summed E-state index contributed by atoms with van der Waals surface area (Å²) in [5.74, 6) is 0. The molecule has 0 amide bonds. The second kappa shape index (κ2) is 5.27. The van der Waals surface area contributed by atoms with Crippen LogP contribution in [0.4, 0.5) is 0 Å². The van der Waals surface area contributed by atoms with Crippen molar-refractivity contribution in [2.24, 2.45) is 5.73 Å². The molecule has 0 bridgehead atoms. The van der Waals surface area contributed by atoms with Gasteiger partial charge in [-0.25, -0.2) is 0 Å². The van der Waals surface area contributed by atoms with Crippen molar-refractivity contribution in [2.45, 2.75) is 44.8 Å². The van der Waals surface area contributed by atoms with Gasteiger partial charge in [-0.3, -0.25) is 0 Å². The maximum atomic E-state index is 11.3. The summed E-state index contributed by atoms with van der Waals surface area (Å²) in [4.78, 5) is 0. The third-order valence-electron chi connectivity index (χ3n) is 1.89. The highest BCUT2D eigenvalue weighted by atomic mass is 35.5. The molecule has 14 heavy (non-hydrogen) atoms. The Morgan fingerprint density at radius 3 is 2.21 bits per heavy atom. The summed E-state index contributed by atoms with van der Waals surface area (Å²) in [6.07, 6.45) is 1.47. The maximum Gasteiger partial charge on any atom is 0.277 e. The van der Waals surface area contributed by atoms with Crippen molar-refractivity contribution in [1.82, 2.24) is 9.44 Å². The molecule has 7 heteroatoms. The fourth-order valence-corrected chi connectivity index (χ4v) is 2.64. The molecule has 1 fully saturated rings. The van der Waals surface area contributed by atoms with Crippen molar-refractivity contribution >= 4 is 22.6 Å². The van der Waals surface area contributed by atoms with Crippen LogP contribution in [-0.4, -0.2) is 26.5 Å². The number of rotatable bonds is 4. The zero-order chi connectivity index (χ0) is 10.1.